The summed E-state index contributed by atoms with van der Waals surface area (Å²) in [4.78, 5) is 0. The van der Waals surface area contributed by atoms with Crippen LogP contribution in [-0.2, 0) is 4.74 Å². The standard InChI is InChI=1S/C7H6F4O2/c8-5-3-4(12)1-2-6(5)13-7(9,10)11/h1-2,5,12H,3H2. The van der Waals surface area contributed by atoms with Crippen molar-refractivity contribution in [1.82, 2.24) is 0 Å². The summed E-state index contributed by atoms with van der Waals surface area (Å²) in [5, 5.41) is 8.74. The molecule has 0 aromatic heterocycles. The van der Waals surface area contributed by atoms with Crippen LogP contribution in [0, 0.1) is 0 Å². The second-order valence-corrected chi connectivity index (χ2v) is 2.45. The Balaban J connectivity index is 2.70. The third-order valence-corrected chi connectivity index (χ3v) is 1.37. The first-order valence-corrected chi connectivity index (χ1v) is 3.38. The Labute approximate surface area is 71.1 Å². The number of hydrogen-bond donors (Lipinski definition) is 1. The van der Waals surface area contributed by atoms with E-state index in [9.17, 15) is 17.6 Å². The predicted molar refractivity (Wildman–Crippen MR) is 35.4 cm³/mol. The van der Waals surface area contributed by atoms with Gasteiger partial charge in [0.05, 0.1) is 5.76 Å². The molecule has 13 heavy (non-hydrogen) atoms. The van der Waals surface area contributed by atoms with Crippen LogP contribution in [0.5, 0.6) is 0 Å². The van der Waals surface area contributed by atoms with Gasteiger partial charge in [-0.2, -0.15) is 0 Å². The van der Waals surface area contributed by atoms with Crippen molar-refractivity contribution in [3.8, 4) is 0 Å². The smallest absolute Gasteiger partial charge is 0.512 e. The van der Waals surface area contributed by atoms with Gasteiger partial charge in [0.1, 0.15) is 5.76 Å². The zero-order chi connectivity index (χ0) is 10.1. The van der Waals surface area contributed by atoms with E-state index in [0.717, 1.165) is 12.2 Å². The summed E-state index contributed by atoms with van der Waals surface area (Å²) < 4.78 is 50.9. The van der Waals surface area contributed by atoms with Gasteiger partial charge in [0, 0.05) is 6.42 Å². The third-order valence-electron chi connectivity index (χ3n) is 1.37. The van der Waals surface area contributed by atoms with Gasteiger partial charge < -0.3 is 9.84 Å². The summed E-state index contributed by atoms with van der Waals surface area (Å²) in [6, 6.07) is 0. The van der Waals surface area contributed by atoms with Gasteiger partial charge in [-0.25, -0.2) is 4.39 Å². The molecule has 6 heteroatoms. The van der Waals surface area contributed by atoms with Crippen molar-refractivity contribution in [2.75, 3.05) is 0 Å². The van der Waals surface area contributed by atoms with Crippen molar-refractivity contribution < 1.29 is 27.4 Å². The second kappa shape index (κ2) is 3.27. The quantitative estimate of drug-likeness (QED) is 0.656. The van der Waals surface area contributed by atoms with E-state index in [-0.39, 0.29) is 5.76 Å². The maximum absolute atomic E-state index is 12.7. The van der Waals surface area contributed by atoms with Crippen LogP contribution in [-0.4, -0.2) is 17.6 Å². The first-order chi connectivity index (χ1) is 5.88. The van der Waals surface area contributed by atoms with Crippen LogP contribution in [0.25, 0.3) is 0 Å². The minimum Gasteiger partial charge on any atom is -0.512 e. The van der Waals surface area contributed by atoms with E-state index in [1.165, 1.54) is 0 Å². The highest BCUT2D eigenvalue weighted by molar-refractivity contribution is 5.20. The molecule has 1 unspecified atom stereocenters. The van der Waals surface area contributed by atoms with Gasteiger partial charge >= 0.3 is 6.36 Å². The van der Waals surface area contributed by atoms with E-state index in [1.54, 1.807) is 0 Å². The molecule has 2 nitrogen and oxygen atoms in total. The summed E-state index contributed by atoms with van der Waals surface area (Å²) in [5.41, 5.74) is 0. The fraction of sp³-hybridized carbons (Fsp3) is 0.429. The number of alkyl halides is 4. The van der Waals surface area contributed by atoms with Gasteiger partial charge in [0.25, 0.3) is 0 Å². The molecular formula is C7H6F4O2. The highest BCUT2D eigenvalue weighted by atomic mass is 19.4. The Hall–Kier alpha value is -1.20. The molecule has 74 valence electrons. The molecule has 0 aromatic rings. The summed E-state index contributed by atoms with van der Waals surface area (Å²) >= 11 is 0. The molecule has 1 rings (SSSR count). The lowest BCUT2D eigenvalue weighted by molar-refractivity contribution is -0.309. The molecule has 1 N–H and O–H groups in total. The molecule has 1 atom stereocenters. The Morgan fingerprint density at radius 2 is 2.00 bits per heavy atom. The van der Waals surface area contributed by atoms with E-state index < -0.39 is 24.7 Å². The first-order valence-electron chi connectivity index (χ1n) is 3.38. The fourth-order valence-corrected chi connectivity index (χ4v) is 0.867. The molecule has 0 amide bonds. The Kier molecular flexibility index (Phi) is 2.49. The van der Waals surface area contributed by atoms with Gasteiger partial charge in [-0.1, -0.05) is 0 Å². The normalized spacial score (nSPS) is 23.5. The van der Waals surface area contributed by atoms with Crippen LogP contribution < -0.4 is 0 Å². The molecule has 0 saturated heterocycles. The fourth-order valence-electron chi connectivity index (χ4n) is 0.867. The van der Waals surface area contributed by atoms with E-state index in [4.69, 9.17) is 5.11 Å². The number of aliphatic hydroxyl groups excluding tert-OH is 1. The van der Waals surface area contributed by atoms with Gasteiger partial charge in [-0.05, 0) is 12.2 Å². The predicted octanol–water partition coefficient (Wildman–Crippen LogP) is 2.59. The van der Waals surface area contributed by atoms with E-state index in [1.807, 2.05) is 0 Å². The molecule has 0 aliphatic heterocycles. The Bertz CT molecular complexity index is 254. The summed E-state index contributed by atoms with van der Waals surface area (Å²) in [7, 11) is 0. The minimum absolute atomic E-state index is 0.304. The van der Waals surface area contributed by atoms with Gasteiger partial charge in [-0.3, -0.25) is 0 Å². The third kappa shape index (κ3) is 2.96. The lowest BCUT2D eigenvalue weighted by Crippen LogP contribution is -2.20. The summed E-state index contributed by atoms with van der Waals surface area (Å²) in [6.07, 6.45) is -5.58. The maximum Gasteiger partial charge on any atom is 0.572 e. The largest absolute Gasteiger partial charge is 0.572 e. The molecule has 0 spiro atoms. The van der Waals surface area contributed by atoms with Gasteiger partial charge in [0.15, 0.2) is 6.17 Å². The van der Waals surface area contributed by atoms with Crippen molar-refractivity contribution in [3.63, 3.8) is 0 Å². The second-order valence-electron chi connectivity index (χ2n) is 2.45. The highest BCUT2D eigenvalue weighted by Gasteiger charge is 2.35. The highest BCUT2D eigenvalue weighted by Crippen LogP contribution is 2.28. The number of ether oxygens (including phenoxy) is 1. The molecule has 0 radical (unpaired) electrons. The molecule has 0 heterocycles. The van der Waals surface area contributed by atoms with E-state index in [2.05, 4.69) is 4.74 Å². The van der Waals surface area contributed by atoms with E-state index in [0.29, 0.717) is 0 Å². The molecule has 1 aliphatic carbocycles. The van der Waals surface area contributed by atoms with Crippen LogP contribution in [0.3, 0.4) is 0 Å². The molecule has 0 fully saturated rings. The van der Waals surface area contributed by atoms with E-state index >= 15 is 0 Å². The number of allylic oxidation sites excluding steroid dienone is 4. The Morgan fingerprint density at radius 3 is 2.46 bits per heavy atom. The number of aliphatic hydroxyl groups is 1. The maximum atomic E-state index is 12.7. The minimum atomic E-state index is -4.89. The summed E-state index contributed by atoms with van der Waals surface area (Å²) in [5.74, 6) is -1.13. The average Bonchev–Trinajstić information content (AvgIpc) is 1.93. The van der Waals surface area contributed by atoms with Gasteiger partial charge in [0.2, 0.25) is 0 Å². The van der Waals surface area contributed by atoms with Crippen LogP contribution in [0.1, 0.15) is 6.42 Å². The monoisotopic (exact) mass is 198 g/mol. The topological polar surface area (TPSA) is 29.5 Å². The van der Waals surface area contributed by atoms with Crippen LogP contribution >= 0.6 is 0 Å². The van der Waals surface area contributed by atoms with Crippen molar-refractivity contribution in [1.29, 1.82) is 0 Å². The van der Waals surface area contributed by atoms with Crippen LogP contribution in [0.15, 0.2) is 23.7 Å². The van der Waals surface area contributed by atoms with Crippen molar-refractivity contribution in [3.05, 3.63) is 23.7 Å². The molecule has 0 saturated carbocycles. The molecule has 0 bridgehead atoms. The summed E-state index contributed by atoms with van der Waals surface area (Å²) in [6.45, 7) is 0. The number of hydrogen-bond acceptors (Lipinski definition) is 2. The lowest BCUT2D eigenvalue weighted by atomic mass is 10.1. The molecular weight excluding hydrogens is 192 g/mol. The molecule has 0 aromatic carbocycles. The van der Waals surface area contributed by atoms with Crippen molar-refractivity contribution in [2.45, 2.75) is 19.0 Å². The SMILES string of the molecule is OC1=CC=C(OC(F)(F)F)C(F)C1. The first kappa shape index (κ1) is 9.88. The van der Waals surface area contributed by atoms with Crippen LogP contribution in [0.4, 0.5) is 17.6 Å². The lowest BCUT2D eigenvalue weighted by Gasteiger charge is -2.17. The average molecular weight is 198 g/mol. The number of halogens is 4. The van der Waals surface area contributed by atoms with Crippen molar-refractivity contribution in [2.24, 2.45) is 0 Å². The van der Waals surface area contributed by atoms with Gasteiger partial charge in [-0.15, -0.1) is 13.2 Å². The van der Waals surface area contributed by atoms with Crippen LogP contribution in [0.2, 0.25) is 0 Å². The number of rotatable bonds is 1. The zero-order valence-electron chi connectivity index (χ0n) is 6.31. The zero-order valence-corrected chi connectivity index (χ0v) is 6.31. The Morgan fingerprint density at radius 1 is 1.38 bits per heavy atom. The van der Waals surface area contributed by atoms with Crippen molar-refractivity contribution >= 4 is 0 Å². The molecule has 1 aliphatic rings.